The van der Waals surface area contributed by atoms with E-state index in [2.05, 4.69) is 55.4 Å². The van der Waals surface area contributed by atoms with Crippen LogP contribution in [0, 0.1) is 23.7 Å². The molecule has 0 aromatic carbocycles. The first-order valence-electron chi connectivity index (χ1n) is 45.2. The summed E-state index contributed by atoms with van der Waals surface area (Å²) in [6.45, 7) is 14.4. The molecular weight excluding hydrogens is 1390 g/mol. The van der Waals surface area contributed by atoms with E-state index in [0.29, 0.717) is 31.6 Å². The first-order chi connectivity index (χ1) is 51.6. The van der Waals surface area contributed by atoms with Crippen molar-refractivity contribution in [1.29, 1.82) is 0 Å². The fourth-order valence-electron chi connectivity index (χ4n) is 13.6. The second-order valence-electron chi connectivity index (χ2n) is 33.3. The van der Waals surface area contributed by atoms with Crippen LogP contribution in [0.2, 0.25) is 0 Å². The van der Waals surface area contributed by atoms with Crippen molar-refractivity contribution in [2.24, 2.45) is 23.7 Å². The molecule has 0 aliphatic heterocycles. The number of carbonyl (C=O) groups excluding carboxylic acids is 4. The highest BCUT2D eigenvalue weighted by molar-refractivity contribution is 7.47. The summed E-state index contributed by atoms with van der Waals surface area (Å²) in [6.07, 6.45) is 66.8. The van der Waals surface area contributed by atoms with Gasteiger partial charge in [0.25, 0.3) is 0 Å². The Bertz CT molecular complexity index is 2080. The number of esters is 4. The lowest BCUT2D eigenvalue weighted by Gasteiger charge is -2.21. The van der Waals surface area contributed by atoms with Gasteiger partial charge in [-0.1, -0.05) is 409 Å². The molecule has 0 aromatic heterocycles. The van der Waals surface area contributed by atoms with Gasteiger partial charge in [-0.05, 0) is 49.4 Å². The summed E-state index contributed by atoms with van der Waals surface area (Å²) in [6, 6.07) is 0. The summed E-state index contributed by atoms with van der Waals surface area (Å²) < 4.78 is 68.9. The number of phosphoric ester groups is 2. The van der Waals surface area contributed by atoms with Crippen LogP contribution < -0.4 is 0 Å². The summed E-state index contributed by atoms with van der Waals surface area (Å²) in [4.78, 5) is 73.3. The van der Waals surface area contributed by atoms with E-state index in [1.54, 1.807) is 0 Å². The first-order valence-corrected chi connectivity index (χ1v) is 48.2. The van der Waals surface area contributed by atoms with Crippen molar-refractivity contribution in [1.82, 2.24) is 0 Å². The Morgan fingerprint density at radius 1 is 0.262 bits per heavy atom. The van der Waals surface area contributed by atoms with E-state index in [1.165, 1.54) is 257 Å². The largest absolute Gasteiger partial charge is 0.472 e. The third-order valence-electron chi connectivity index (χ3n) is 20.9. The van der Waals surface area contributed by atoms with Gasteiger partial charge in [-0.25, -0.2) is 9.13 Å². The Kier molecular flexibility index (Phi) is 75.3. The smallest absolute Gasteiger partial charge is 0.462 e. The van der Waals surface area contributed by atoms with Crippen LogP contribution >= 0.6 is 15.6 Å². The van der Waals surface area contributed by atoms with Crippen molar-refractivity contribution in [3.8, 4) is 0 Å². The summed E-state index contributed by atoms with van der Waals surface area (Å²) in [5.41, 5.74) is 0. The van der Waals surface area contributed by atoms with E-state index in [0.717, 1.165) is 114 Å². The molecule has 4 unspecified atom stereocenters. The normalized spacial score (nSPS) is 14.1. The zero-order valence-corrected chi connectivity index (χ0v) is 72.6. The third-order valence-corrected chi connectivity index (χ3v) is 22.8. The molecule has 17 nitrogen and oxygen atoms in total. The zero-order chi connectivity index (χ0) is 78.8. The average molecular weight is 1560 g/mol. The fourth-order valence-corrected chi connectivity index (χ4v) is 15.2. The minimum atomic E-state index is -4.97. The van der Waals surface area contributed by atoms with Crippen LogP contribution in [0.3, 0.4) is 0 Å². The topological polar surface area (TPSA) is 237 Å². The van der Waals surface area contributed by atoms with Gasteiger partial charge in [0, 0.05) is 25.7 Å². The van der Waals surface area contributed by atoms with E-state index >= 15 is 0 Å². The molecule has 0 aliphatic carbocycles. The minimum Gasteiger partial charge on any atom is -0.462 e. The number of unbranched alkanes of at least 4 members (excludes halogenated alkanes) is 50. The van der Waals surface area contributed by atoms with E-state index in [-0.39, 0.29) is 25.7 Å². The van der Waals surface area contributed by atoms with Crippen molar-refractivity contribution in [2.75, 3.05) is 39.6 Å². The first kappa shape index (κ1) is 105. The van der Waals surface area contributed by atoms with Gasteiger partial charge < -0.3 is 33.8 Å². The number of hydrogen-bond donors (Lipinski definition) is 3. The van der Waals surface area contributed by atoms with Crippen LogP contribution in [-0.4, -0.2) is 96.7 Å². The van der Waals surface area contributed by atoms with E-state index < -0.39 is 97.5 Å². The highest BCUT2D eigenvalue weighted by Crippen LogP contribution is 2.45. The molecule has 107 heavy (non-hydrogen) atoms. The van der Waals surface area contributed by atoms with Crippen LogP contribution in [0.15, 0.2) is 0 Å². The lowest BCUT2D eigenvalue weighted by molar-refractivity contribution is -0.161. The van der Waals surface area contributed by atoms with Crippen LogP contribution in [0.5, 0.6) is 0 Å². The quantitative estimate of drug-likeness (QED) is 0.0222. The van der Waals surface area contributed by atoms with Gasteiger partial charge in [0.1, 0.15) is 19.3 Å². The molecule has 0 saturated carbocycles. The standard InChI is InChI=1S/C88H172O17P2/c1-9-81(8)67-59-51-43-35-29-23-17-12-10-11-13-18-24-30-36-44-52-60-68-85(90)98-74-83(104-87(92)70-62-54-45-37-31-25-19-15-14-16-21-27-33-40-48-56-64-78(2)3)76-102-106(94,95)100-72-82(89)73-101-107(96,97)103-77-84(75-99-86(91)69-61-53-47-39-42-50-58-66-80(6)7)105-88(93)71-63-55-46-38-32-26-20-22-28-34-41-49-57-65-79(4)5/h78-84,89H,9-77H2,1-8H3,(H,94,95)(H,96,97)/t81?,82?,83-,84-/m1/s1. The van der Waals surface area contributed by atoms with Crippen molar-refractivity contribution in [3.05, 3.63) is 0 Å². The van der Waals surface area contributed by atoms with E-state index in [1.807, 2.05) is 0 Å². The predicted molar refractivity (Wildman–Crippen MR) is 441 cm³/mol. The van der Waals surface area contributed by atoms with Crippen molar-refractivity contribution < 1.29 is 80.2 Å². The summed E-state index contributed by atoms with van der Waals surface area (Å²) in [7, 11) is -9.93. The molecular formula is C88H172O17P2. The maximum atomic E-state index is 13.2. The molecule has 0 aliphatic rings. The number of rotatable bonds is 85. The molecule has 0 amide bonds. The molecule has 6 atom stereocenters. The van der Waals surface area contributed by atoms with Gasteiger partial charge in [0.2, 0.25) is 0 Å². The predicted octanol–water partition coefficient (Wildman–Crippen LogP) is 26.7. The molecule has 19 heteroatoms. The highest BCUT2D eigenvalue weighted by atomic mass is 31.2. The van der Waals surface area contributed by atoms with Crippen LogP contribution in [0.1, 0.15) is 460 Å². The summed E-state index contributed by atoms with van der Waals surface area (Å²) in [5.74, 6) is 1.07. The molecule has 0 spiro atoms. The molecule has 0 radical (unpaired) electrons. The summed E-state index contributed by atoms with van der Waals surface area (Å²) in [5, 5.41) is 10.7. The molecule has 0 heterocycles. The highest BCUT2D eigenvalue weighted by Gasteiger charge is 2.31. The molecule has 0 bridgehead atoms. The third kappa shape index (κ3) is 80.5. The molecule has 3 N–H and O–H groups in total. The molecule has 0 saturated heterocycles. The zero-order valence-electron chi connectivity index (χ0n) is 70.8. The molecule has 0 fully saturated rings. The Morgan fingerprint density at radius 2 is 0.449 bits per heavy atom. The Hall–Kier alpha value is -1.94. The van der Waals surface area contributed by atoms with Crippen LogP contribution in [-0.2, 0) is 65.4 Å². The van der Waals surface area contributed by atoms with Gasteiger partial charge in [-0.15, -0.1) is 0 Å². The lowest BCUT2D eigenvalue weighted by Crippen LogP contribution is -2.30. The maximum absolute atomic E-state index is 13.2. The van der Waals surface area contributed by atoms with Gasteiger partial charge in [0.05, 0.1) is 26.4 Å². The van der Waals surface area contributed by atoms with Crippen LogP contribution in [0.25, 0.3) is 0 Å². The summed E-state index contributed by atoms with van der Waals surface area (Å²) >= 11 is 0. The number of aliphatic hydroxyl groups excluding tert-OH is 1. The Morgan fingerprint density at radius 3 is 0.664 bits per heavy atom. The molecule has 0 rings (SSSR count). The molecule has 0 aromatic rings. The van der Waals surface area contributed by atoms with E-state index in [4.69, 9.17) is 37.0 Å². The SMILES string of the molecule is CCC(C)CCCCCCCCCCCCCCCCCCCCC(=O)OC[C@H](COP(=O)(O)OCC(O)COP(=O)(O)OC[C@@H](COC(=O)CCCCCCCCCC(C)C)OC(=O)CCCCCCCCCCCCCCCC(C)C)OC(=O)CCCCCCCCCCCCCCCCCCC(C)C. The average Bonchev–Trinajstić information content (AvgIpc) is 0.906. The number of aliphatic hydroxyl groups is 1. The van der Waals surface area contributed by atoms with E-state index in [9.17, 15) is 43.2 Å². The lowest BCUT2D eigenvalue weighted by atomic mass is 9.99. The van der Waals surface area contributed by atoms with Crippen molar-refractivity contribution in [3.63, 3.8) is 0 Å². The van der Waals surface area contributed by atoms with Crippen LogP contribution in [0.4, 0.5) is 0 Å². The van der Waals surface area contributed by atoms with Crippen molar-refractivity contribution >= 4 is 39.5 Å². The maximum Gasteiger partial charge on any atom is 0.472 e. The van der Waals surface area contributed by atoms with Gasteiger partial charge >= 0.3 is 39.5 Å². The van der Waals surface area contributed by atoms with Crippen molar-refractivity contribution in [2.45, 2.75) is 478 Å². The Balaban J connectivity index is 5.22. The Labute approximate surface area is 658 Å². The number of phosphoric acid groups is 2. The number of carbonyl (C=O) groups is 4. The minimum absolute atomic E-state index is 0.106. The van der Waals surface area contributed by atoms with Gasteiger partial charge in [-0.2, -0.15) is 0 Å². The van der Waals surface area contributed by atoms with Gasteiger partial charge in [-0.3, -0.25) is 37.3 Å². The fraction of sp³-hybridized carbons (Fsp3) is 0.955. The second-order valence-corrected chi connectivity index (χ2v) is 36.2. The molecule has 636 valence electrons. The van der Waals surface area contributed by atoms with Gasteiger partial charge in [0.15, 0.2) is 12.2 Å². The second kappa shape index (κ2) is 76.7. The monoisotopic (exact) mass is 1560 g/mol. The number of ether oxygens (including phenoxy) is 4. The number of hydrogen-bond acceptors (Lipinski definition) is 15.